The standard InChI is InChI=1S/C17H19FINO3/c1-9-6-13(21-3)16(23-5)15(22-4)11(9)7-12-14(19)10(2)8-20-17(12)18/h6-8,17H,1-5H3. The molecule has 0 N–H and O–H groups in total. The summed E-state index contributed by atoms with van der Waals surface area (Å²) in [4.78, 5) is 3.88. The topological polar surface area (TPSA) is 40.0 Å². The van der Waals surface area contributed by atoms with Crippen LogP contribution in [0.5, 0.6) is 17.2 Å². The number of ether oxygens (including phenoxy) is 3. The summed E-state index contributed by atoms with van der Waals surface area (Å²) in [5.74, 6) is 1.57. The van der Waals surface area contributed by atoms with Crippen LogP contribution in [-0.2, 0) is 0 Å². The lowest BCUT2D eigenvalue weighted by atomic mass is 10.0. The molecule has 0 fully saturated rings. The van der Waals surface area contributed by atoms with Crippen molar-refractivity contribution in [2.75, 3.05) is 21.3 Å². The van der Waals surface area contributed by atoms with E-state index in [2.05, 4.69) is 27.6 Å². The number of hydrogen-bond donors (Lipinski definition) is 0. The second kappa shape index (κ2) is 7.33. The van der Waals surface area contributed by atoms with Crippen molar-refractivity contribution < 1.29 is 18.6 Å². The van der Waals surface area contributed by atoms with Gasteiger partial charge in [0.1, 0.15) is 0 Å². The van der Waals surface area contributed by atoms with Gasteiger partial charge in [0.2, 0.25) is 12.0 Å². The van der Waals surface area contributed by atoms with Gasteiger partial charge in [-0.1, -0.05) is 0 Å². The van der Waals surface area contributed by atoms with Gasteiger partial charge in [0.05, 0.1) is 21.3 Å². The number of nitrogens with zero attached hydrogens (tertiary/aromatic N) is 1. The summed E-state index contributed by atoms with van der Waals surface area (Å²) < 4.78 is 31.3. The van der Waals surface area contributed by atoms with Crippen molar-refractivity contribution in [1.82, 2.24) is 0 Å². The molecule has 2 rings (SSSR count). The fraction of sp³-hybridized carbons (Fsp3) is 0.353. The van der Waals surface area contributed by atoms with E-state index in [1.54, 1.807) is 33.6 Å². The number of rotatable bonds is 4. The largest absolute Gasteiger partial charge is 0.493 e. The molecule has 1 aromatic rings. The van der Waals surface area contributed by atoms with Crippen molar-refractivity contribution in [1.29, 1.82) is 0 Å². The summed E-state index contributed by atoms with van der Waals surface area (Å²) in [6.45, 7) is 3.82. The van der Waals surface area contributed by atoms with Crippen LogP contribution in [0.2, 0.25) is 0 Å². The van der Waals surface area contributed by atoms with Gasteiger partial charge in [-0.05, 0) is 59.7 Å². The van der Waals surface area contributed by atoms with Crippen molar-refractivity contribution in [3.8, 4) is 17.2 Å². The average Bonchev–Trinajstić information content (AvgIpc) is 2.55. The number of dihydropyridines is 1. The van der Waals surface area contributed by atoms with Gasteiger partial charge in [-0.2, -0.15) is 0 Å². The molecule has 124 valence electrons. The molecule has 0 saturated carbocycles. The zero-order valence-electron chi connectivity index (χ0n) is 13.7. The number of hydrogen-bond acceptors (Lipinski definition) is 4. The minimum Gasteiger partial charge on any atom is -0.493 e. The lowest BCUT2D eigenvalue weighted by Crippen LogP contribution is -2.09. The van der Waals surface area contributed by atoms with Gasteiger partial charge in [0.25, 0.3) is 0 Å². The highest BCUT2D eigenvalue weighted by molar-refractivity contribution is 14.1. The predicted octanol–water partition coefficient (Wildman–Crippen LogP) is 4.49. The van der Waals surface area contributed by atoms with Crippen LogP contribution in [-0.4, -0.2) is 33.8 Å². The molecule has 4 nitrogen and oxygen atoms in total. The maximum atomic E-state index is 14.3. The van der Waals surface area contributed by atoms with Crippen molar-refractivity contribution in [3.63, 3.8) is 0 Å². The average molecular weight is 431 g/mol. The maximum absolute atomic E-state index is 14.3. The van der Waals surface area contributed by atoms with Gasteiger partial charge in [-0.3, -0.25) is 4.99 Å². The lowest BCUT2D eigenvalue weighted by Gasteiger charge is -2.19. The molecule has 0 bridgehead atoms. The van der Waals surface area contributed by atoms with E-state index >= 15 is 0 Å². The van der Waals surface area contributed by atoms with E-state index in [0.717, 1.165) is 20.3 Å². The Kier molecular flexibility index (Phi) is 5.67. The Balaban J connectivity index is 2.69. The van der Waals surface area contributed by atoms with Gasteiger partial charge < -0.3 is 14.2 Å². The molecule has 6 heteroatoms. The third-order valence-electron chi connectivity index (χ3n) is 3.63. The highest BCUT2D eigenvalue weighted by Crippen LogP contribution is 2.44. The summed E-state index contributed by atoms with van der Waals surface area (Å²) in [6, 6.07) is 1.84. The second-order valence-electron chi connectivity index (χ2n) is 5.09. The first-order valence-corrected chi connectivity index (χ1v) is 8.07. The van der Waals surface area contributed by atoms with Crippen molar-refractivity contribution in [2.45, 2.75) is 20.1 Å². The molecule has 1 aliphatic rings. The summed E-state index contributed by atoms with van der Waals surface area (Å²) in [5.41, 5.74) is 3.10. The normalized spacial score (nSPS) is 19.3. The fourth-order valence-electron chi connectivity index (χ4n) is 2.41. The Morgan fingerprint density at radius 2 is 1.78 bits per heavy atom. The Hall–Kier alpha value is -1.57. The Morgan fingerprint density at radius 3 is 2.35 bits per heavy atom. The van der Waals surface area contributed by atoms with Gasteiger partial charge in [0, 0.05) is 20.9 Å². The van der Waals surface area contributed by atoms with Gasteiger partial charge >= 0.3 is 0 Å². The highest BCUT2D eigenvalue weighted by Gasteiger charge is 2.23. The van der Waals surface area contributed by atoms with Crippen LogP contribution in [0.15, 0.2) is 25.8 Å². The molecule has 0 amide bonds. The van der Waals surface area contributed by atoms with Gasteiger partial charge in [-0.15, -0.1) is 0 Å². The molecule has 1 aliphatic heterocycles. The first-order valence-electron chi connectivity index (χ1n) is 6.99. The predicted molar refractivity (Wildman–Crippen MR) is 98.9 cm³/mol. The van der Waals surface area contributed by atoms with E-state index in [0.29, 0.717) is 22.8 Å². The lowest BCUT2D eigenvalue weighted by molar-refractivity contribution is 0.323. The van der Waals surface area contributed by atoms with E-state index in [4.69, 9.17) is 14.2 Å². The number of methoxy groups -OCH3 is 3. The Bertz CT molecular complexity index is 710. The summed E-state index contributed by atoms with van der Waals surface area (Å²) in [7, 11) is 4.66. The number of allylic oxidation sites excluding steroid dienone is 1. The van der Waals surface area contributed by atoms with Gasteiger partial charge in [-0.25, -0.2) is 4.39 Å². The van der Waals surface area contributed by atoms with E-state index < -0.39 is 6.30 Å². The van der Waals surface area contributed by atoms with E-state index in [1.807, 2.05) is 19.9 Å². The van der Waals surface area contributed by atoms with E-state index in [1.165, 1.54) is 0 Å². The van der Waals surface area contributed by atoms with Crippen molar-refractivity contribution in [2.24, 2.45) is 4.99 Å². The van der Waals surface area contributed by atoms with E-state index in [9.17, 15) is 4.39 Å². The van der Waals surface area contributed by atoms with E-state index in [-0.39, 0.29) is 0 Å². The number of alkyl halides is 1. The van der Waals surface area contributed by atoms with Crippen LogP contribution >= 0.6 is 22.6 Å². The highest BCUT2D eigenvalue weighted by atomic mass is 127. The molecular weight excluding hydrogens is 412 g/mol. The summed E-state index contributed by atoms with van der Waals surface area (Å²) in [6.07, 6.45) is 1.94. The summed E-state index contributed by atoms with van der Waals surface area (Å²) >= 11 is 2.14. The second-order valence-corrected chi connectivity index (χ2v) is 6.17. The first-order chi connectivity index (χ1) is 10.9. The molecule has 1 atom stereocenters. The smallest absolute Gasteiger partial charge is 0.216 e. The Labute approximate surface area is 149 Å². The molecule has 1 unspecified atom stereocenters. The van der Waals surface area contributed by atoms with Crippen molar-refractivity contribution >= 4 is 34.9 Å². The zero-order valence-corrected chi connectivity index (χ0v) is 15.9. The fourth-order valence-corrected chi connectivity index (χ4v) is 2.97. The molecule has 0 aromatic heterocycles. The van der Waals surface area contributed by atoms with Gasteiger partial charge in [0.15, 0.2) is 11.5 Å². The van der Waals surface area contributed by atoms with Crippen LogP contribution < -0.4 is 14.2 Å². The molecule has 0 saturated heterocycles. The van der Waals surface area contributed by atoms with Crippen LogP contribution in [0, 0.1) is 6.92 Å². The summed E-state index contributed by atoms with van der Waals surface area (Å²) in [5, 5.41) is 0. The number of halogens is 2. The number of aliphatic imine (C=N–C) groups is 1. The quantitative estimate of drug-likeness (QED) is 0.521. The number of benzene rings is 1. The minimum atomic E-state index is -1.39. The molecule has 1 aromatic carbocycles. The monoisotopic (exact) mass is 431 g/mol. The number of aryl methyl sites for hydroxylation is 1. The molecule has 0 spiro atoms. The van der Waals surface area contributed by atoms with Crippen molar-refractivity contribution in [3.05, 3.63) is 31.9 Å². The molecule has 0 aliphatic carbocycles. The van der Waals surface area contributed by atoms with Crippen LogP contribution in [0.1, 0.15) is 18.1 Å². The van der Waals surface area contributed by atoms with Crippen LogP contribution in [0.4, 0.5) is 4.39 Å². The Morgan fingerprint density at radius 1 is 1.13 bits per heavy atom. The molecular formula is C17H19FINO3. The third kappa shape index (κ3) is 3.36. The minimum absolute atomic E-state index is 0.484. The molecule has 1 heterocycles. The first kappa shape index (κ1) is 17.8. The van der Waals surface area contributed by atoms with Crippen LogP contribution in [0.25, 0.3) is 6.08 Å². The maximum Gasteiger partial charge on any atom is 0.216 e. The molecule has 0 radical (unpaired) electrons. The zero-order chi connectivity index (χ0) is 17.1. The third-order valence-corrected chi connectivity index (χ3v) is 5.10. The SMILES string of the molecule is COc1cc(C)c(C=C2C(I)=C(C)C=NC2F)c(OC)c1OC. The molecule has 23 heavy (non-hydrogen) atoms. The van der Waals surface area contributed by atoms with Crippen LogP contribution in [0.3, 0.4) is 0 Å².